The molecule has 0 atom stereocenters. The molecule has 2 aliphatic rings. The van der Waals surface area contributed by atoms with Crippen molar-refractivity contribution < 1.29 is 14.3 Å². The highest BCUT2D eigenvalue weighted by molar-refractivity contribution is 5.69. The summed E-state index contributed by atoms with van der Waals surface area (Å²) in [5, 5.41) is 3.44. The molecule has 0 bridgehead atoms. The smallest absolute Gasteiger partial charge is 0.410 e. The van der Waals surface area contributed by atoms with Crippen LogP contribution in [-0.4, -0.2) is 48.9 Å². The average molecular weight is 347 g/mol. The number of piperidine rings is 1. The largest absolute Gasteiger partial charge is 0.444 e. The quantitative estimate of drug-likeness (QED) is 0.821. The Kier molecular flexibility index (Phi) is 5.08. The van der Waals surface area contributed by atoms with Gasteiger partial charge in [-0.3, -0.25) is 0 Å². The summed E-state index contributed by atoms with van der Waals surface area (Å²) in [6, 6.07) is 6.58. The van der Waals surface area contributed by atoms with E-state index in [0.29, 0.717) is 12.0 Å². The number of nitrogens with two attached hydrogens (primary N) is 1. The first kappa shape index (κ1) is 17.9. The van der Waals surface area contributed by atoms with Gasteiger partial charge in [0.05, 0.1) is 30.6 Å². The number of anilines is 2. The summed E-state index contributed by atoms with van der Waals surface area (Å²) in [6.07, 6.45) is 1.67. The van der Waals surface area contributed by atoms with Crippen molar-refractivity contribution in [3.63, 3.8) is 0 Å². The first-order chi connectivity index (χ1) is 11.8. The Balaban J connectivity index is 1.59. The fourth-order valence-electron chi connectivity index (χ4n) is 3.21. The van der Waals surface area contributed by atoms with E-state index < -0.39 is 5.60 Å². The lowest BCUT2D eigenvalue weighted by Crippen LogP contribution is -2.41. The molecule has 1 aromatic rings. The number of ether oxygens (including phenoxy) is 2. The molecule has 1 amide bonds. The molecular formula is C19H29N3O3. The first-order valence-electron chi connectivity index (χ1n) is 9.03. The minimum Gasteiger partial charge on any atom is -0.444 e. The Morgan fingerprint density at radius 2 is 1.96 bits per heavy atom. The predicted molar refractivity (Wildman–Crippen MR) is 98.9 cm³/mol. The third kappa shape index (κ3) is 4.57. The molecule has 2 heterocycles. The van der Waals surface area contributed by atoms with Crippen molar-refractivity contribution >= 4 is 17.5 Å². The van der Waals surface area contributed by atoms with Crippen molar-refractivity contribution in [2.45, 2.75) is 51.2 Å². The van der Waals surface area contributed by atoms with E-state index in [0.717, 1.165) is 50.5 Å². The van der Waals surface area contributed by atoms with Crippen molar-refractivity contribution in [1.29, 1.82) is 0 Å². The molecule has 3 rings (SSSR count). The summed E-state index contributed by atoms with van der Waals surface area (Å²) in [5.74, 6) is 0.442. The maximum Gasteiger partial charge on any atom is 0.410 e. The molecule has 2 fully saturated rings. The van der Waals surface area contributed by atoms with Crippen molar-refractivity contribution in [1.82, 2.24) is 4.90 Å². The van der Waals surface area contributed by atoms with Crippen molar-refractivity contribution in [2.24, 2.45) is 0 Å². The van der Waals surface area contributed by atoms with Gasteiger partial charge in [-0.1, -0.05) is 6.07 Å². The van der Waals surface area contributed by atoms with Crippen LogP contribution < -0.4 is 11.1 Å². The molecule has 0 aromatic heterocycles. The average Bonchev–Trinajstić information content (AvgIpc) is 2.51. The zero-order valence-electron chi connectivity index (χ0n) is 15.4. The number of nitrogens with zero attached hydrogens (tertiary/aromatic N) is 1. The number of nitrogens with one attached hydrogen (secondary N) is 1. The Morgan fingerprint density at radius 1 is 1.28 bits per heavy atom. The van der Waals surface area contributed by atoms with Gasteiger partial charge in [-0.15, -0.1) is 0 Å². The molecule has 6 nitrogen and oxygen atoms in total. The summed E-state index contributed by atoms with van der Waals surface area (Å²) in [4.78, 5) is 14.0. The number of hydrogen-bond acceptors (Lipinski definition) is 5. The maximum absolute atomic E-state index is 12.2. The lowest BCUT2D eigenvalue weighted by molar-refractivity contribution is 0.0205. The molecule has 2 aliphatic heterocycles. The molecule has 3 N–H and O–H groups in total. The number of rotatable bonds is 3. The highest BCUT2D eigenvalue weighted by Crippen LogP contribution is 2.32. The van der Waals surface area contributed by atoms with Crippen LogP contribution >= 0.6 is 0 Å². The normalized spacial score (nSPS) is 19.4. The molecule has 0 aliphatic carbocycles. The van der Waals surface area contributed by atoms with Gasteiger partial charge in [-0.25, -0.2) is 4.79 Å². The molecular weight excluding hydrogens is 318 g/mol. The number of amides is 1. The van der Waals surface area contributed by atoms with Crippen molar-refractivity contribution in [3.8, 4) is 0 Å². The van der Waals surface area contributed by atoms with Crippen LogP contribution in [0.15, 0.2) is 18.2 Å². The van der Waals surface area contributed by atoms with E-state index in [4.69, 9.17) is 15.2 Å². The standard InChI is InChI=1S/C19H29N3O3/c1-19(2,3)25-18(23)22-8-6-13(7-9-22)14-4-5-16(20)17(10-14)21-15-11-24-12-15/h4-5,10,13,15,21H,6-9,11-12,20H2,1-3H3. The lowest BCUT2D eigenvalue weighted by atomic mass is 9.89. The Hall–Kier alpha value is -1.95. The monoisotopic (exact) mass is 347 g/mol. The second kappa shape index (κ2) is 7.12. The molecule has 0 radical (unpaired) electrons. The lowest BCUT2D eigenvalue weighted by Gasteiger charge is -2.34. The third-order valence-corrected chi connectivity index (χ3v) is 4.69. The molecule has 6 heteroatoms. The Labute approximate surface area is 149 Å². The SMILES string of the molecule is CC(C)(C)OC(=O)N1CCC(c2ccc(N)c(NC3COC3)c2)CC1. The fourth-order valence-corrected chi connectivity index (χ4v) is 3.21. The van der Waals surface area contributed by atoms with Crippen LogP contribution in [0.2, 0.25) is 0 Å². The molecule has 0 spiro atoms. The van der Waals surface area contributed by atoms with E-state index in [1.54, 1.807) is 0 Å². The number of likely N-dealkylation sites (tertiary alicyclic amines) is 1. The Morgan fingerprint density at radius 3 is 2.52 bits per heavy atom. The van der Waals surface area contributed by atoms with E-state index in [2.05, 4.69) is 17.4 Å². The summed E-state index contributed by atoms with van der Waals surface area (Å²) >= 11 is 0. The van der Waals surface area contributed by atoms with Crippen LogP contribution in [0.1, 0.15) is 45.1 Å². The first-order valence-corrected chi connectivity index (χ1v) is 9.03. The highest BCUT2D eigenvalue weighted by Gasteiger charge is 2.28. The molecule has 25 heavy (non-hydrogen) atoms. The second-order valence-electron chi connectivity index (χ2n) is 7.97. The summed E-state index contributed by atoms with van der Waals surface area (Å²) in [6.45, 7) is 8.61. The van der Waals surface area contributed by atoms with Gasteiger partial charge >= 0.3 is 6.09 Å². The van der Waals surface area contributed by atoms with Gasteiger partial charge in [0.2, 0.25) is 0 Å². The molecule has 0 saturated carbocycles. The van der Waals surface area contributed by atoms with E-state index in [1.807, 2.05) is 31.7 Å². The molecule has 1 aromatic carbocycles. The fraction of sp³-hybridized carbons (Fsp3) is 0.632. The highest BCUT2D eigenvalue weighted by atomic mass is 16.6. The van der Waals surface area contributed by atoms with E-state index in [1.165, 1.54) is 5.56 Å². The van der Waals surface area contributed by atoms with Crippen LogP contribution in [0.5, 0.6) is 0 Å². The van der Waals surface area contributed by atoms with Crippen LogP contribution in [0.25, 0.3) is 0 Å². The van der Waals surface area contributed by atoms with Crippen LogP contribution in [0.3, 0.4) is 0 Å². The maximum atomic E-state index is 12.2. The van der Waals surface area contributed by atoms with E-state index in [9.17, 15) is 4.79 Å². The molecule has 0 unspecified atom stereocenters. The van der Waals surface area contributed by atoms with Gasteiger partial charge in [0.1, 0.15) is 5.60 Å². The van der Waals surface area contributed by atoms with E-state index >= 15 is 0 Å². The van der Waals surface area contributed by atoms with E-state index in [-0.39, 0.29) is 6.09 Å². The number of carbonyl (C=O) groups excluding carboxylic acids is 1. The van der Waals surface area contributed by atoms with Gasteiger partial charge in [-0.05, 0) is 57.2 Å². The van der Waals surface area contributed by atoms with Crippen LogP contribution in [0, 0.1) is 0 Å². The van der Waals surface area contributed by atoms with Crippen molar-refractivity contribution in [2.75, 3.05) is 37.4 Å². The molecule has 2 saturated heterocycles. The summed E-state index contributed by atoms with van der Waals surface area (Å²) < 4.78 is 10.7. The number of carbonyl (C=O) groups is 1. The zero-order valence-corrected chi connectivity index (χ0v) is 15.4. The second-order valence-corrected chi connectivity index (χ2v) is 7.97. The van der Waals surface area contributed by atoms with Gasteiger partial charge in [0.15, 0.2) is 0 Å². The number of benzene rings is 1. The summed E-state index contributed by atoms with van der Waals surface area (Å²) in [7, 11) is 0. The Bertz CT molecular complexity index is 615. The predicted octanol–water partition coefficient (Wildman–Crippen LogP) is 3.19. The minimum absolute atomic E-state index is 0.212. The van der Waals surface area contributed by atoms with Crippen LogP contribution in [-0.2, 0) is 9.47 Å². The van der Waals surface area contributed by atoms with Crippen molar-refractivity contribution in [3.05, 3.63) is 23.8 Å². The van der Waals surface area contributed by atoms with Gasteiger partial charge in [0.25, 0.3) is 0 Å². The van der Waals surface area contributed by atoms with Crippen LogP contribution in [0.4, 0.5) is 16.2 Å². The topological polar surface area (TPSA) is 76.8 Å². The van der Waals surface area contributed by atoms with Gasteiger partial charge in [0, 0.05) is 13.1 Å². The summed E-state index contributed by atoms with van der Waals surface area (Å²) in [5.41, 5.74) is 8.68. The third-order valence-electron chi connectivity index (χ3n) is 4.69. The minimum atomic E-state index is -0.448. The van der Waals surface area contributed by atoms with Gasteiger partial charge < -0.3 is 25.4 Å². The van der Waals surface area contributed by atoms with Gasteiger partial charge in [-0.2, -0.15) is 0 Å². The molecule has 138 valence electrons. The number of nitrogen functional groups attached to an aromatic ring is 1. The zero-order chi connectivity index (χ0) is 18.0. The number of hydrogen-bond donors (Lipinski definition) is 2.